The second-order valence-corrected chi connectivity index (χ2v) is 4.94. The van der Waals surface area contributed by atoms with Crippen molar-refractivity contribution in [3.63, 3.8) is 0 Å². The molecule has 0 radical (unpaired) electrons. The van der Waals surface area contributed by atoms with Crippen LogP contribution in [0.5, 0.6) is 5.75 Å². The number of hydrogen-bond acceptors (Lipinski definition) is 5. The topological polar surface area (TPSA) is 61.8 Å². The first kappa shape index (κ1) is 16.5. The van der Waals surface area contributed by atoms with E-state index in [1.807, 2.05) is 31.2 Å². The Morgan fingerprint density at radius 3 is 2.17 bits per heavy atom. The van der Waals surface area contributed by atoms with Crippen LogP contribution in [0.4, 0.5) is 0 Å². The van der Waals surface area contributed by atoms with Crippen molar-refractivity contribution in [1.82, 2.24) is 0 Å². The molecular weight excluding hydrogens is 296 g/mol. The predicted octanol–water partition coefficient (Wildman–Crippen LogP) is 3.15. The van der Waals surface area contributed by atoms with Gasteiger partial charge in [-0.3, -0.25) is 0 Å². The van der Waals surface area contributed by atoms with Crippen LogP contribution in [-0.2, 0) is 16.1 Å². The average Bonchev–Trinajstić information content (AvgIpc) is 2.59. The van der Waals surface area contributed by atoms with Gasteiger partial charge in [-0.15, -0.1) is 0 Å². The maximum absolute atomic E-state index is 12.0. The standard InChI is InChI=1S/C18H18O5/c1-12-7-9-13(10-8-12)11-23-15-6-4-5-14(17(19)21-2)16(15)18(20)22-3/h4-10H,11H2,1-3H3. The smallest absolute Gasteiger partial charge is 0.342 e. The van der Waals surface area contributed by atoms with Crippen molar-refractivity contribution in [2.45, 2.75) is 13.5 Å². The van der Waals surface area contributed by atoms with Crippen molar-refractivity contribution in [3.05, 3.63) is 64.7 Å². The summed E-state index contributed by atoms with van der Waals surface area (Å²) in [7, 11) is 2.50. The van der Waals surface area contributed by atoms with Crippen LogP contribution in [0.3, 0.4) is 0 Å². The first-order valence-electron chi connectivity index (χ1n) is 7.04. The van der Waals surface area contributed by atoms with Crippen LogP contribution in [0.2, 0.25) is 0 Å². The molecule has 23 heavy (non-hydrogen) atoms. The van der Waals surface area contributed by atoms with E-state index < -0.39 is 11.9 Å². The molecule has 0 saturated heterocycles. The maximum Gasteiger partial charge on any atom is 0.342 e. The van der Waals surface area contributed by atoms with E-state index in [4.69, 9.17) is 14.2 Å². The summed E-state index contributed by atoms with van der Waals surface area (Å²) in [5.41, 5.74) is 2.28. The molecule has 2 rings (SSSR count). The van der Waals surface area contributed by atoms with Gasteiger partial charge in [0.05, 0.1) is 19.8 Å². The first-order valence-corrected chi connectivity index (χ1v) is 7.04. The summed E-state index contributed by atoms with van der Waals surface area (Å²) in [5, 5.41) is 0. The van der Waals surface area contributed by atoms with Gasteiger partial charge in [-0.2, -0.15) is 0 Å². The molecule has 2 aromatic carbocycles. The zero-order chi connectivity index (χ0) is 16.8. The lowest BCUT2D eigenvalue weighted by Crippen LogP contribution is -2.14. The van der Waals surface area contributed by atoms with E-state index >= 15 is 0 Å². The van der Waals surface area contributed by atoms with E-state index in [1.54, 1.807) is 12.1 Å². The predicted molar refractivity (Wildman–Crippen MR) is 84.6 cm³/mol. The highest BCUT2D eigenvalue weighted by Gasteiger charge is 2.23. The Bertz CT molecular complexity index is 704. The average molecular weight is 314 g/mol. The highest BCUT2D eigenvalue weighted by Crippen LogP contribution is 2.25. The number of benzene rings is 2. The third-order valence-corrected chi connectivity index (χ3v) is 3.34. The highest BCUT2D eigenvalue weighted by atomic mass is 16.5. The van der Waals surface area contributed by atoms with Gasteiger partial charge in [-0.05, 0) is 24.6 Å². The molecule has 0 aromatic heterocycles. The van der Waals surface area contributed by atoms with Crippen molar-refractivity contribution in [1.29, 1.82) is 0 Å². The normalized spacial score (nSPS) is 10.0. The molecule has 5 nitrogen and oxygen atoms in total. The molecular formula is C18H18O5. The minimum Gasteiger partial charge on any atom is -0.488 e. The third-order valence-electron chi connectivity index (χ3n) is 3.34. The van der Waals surface area contributed by atoms with Crippen molar-refractivity contribution >= 4 is 11.9 Å². The molecule has 0 unspecified atom stereocenters. The zero-order valence-electron chi connectivity index (χ0n) is 13.3. The van der Waals surface area contributed by atoms with Crippen LogP contribution in [0.15, 0.2) is 42.5 Å². The van der Waals surface area contributed by atoms with Gasteiger partial charge in [0.2, 0.25) is 0 Å². The van der Waals surface area contributed by atoms with E-state index in [1.165, 1.54) is 20.3 Å². The van der Waals surface area contributed by atoms with E-state index in [9.17, 15) is 9.59 Å². The largest absolute Gasteiger partial charge is 0.488 e. The van der Waals surface area contributed by atoms with Gasteiger partial charge in [0.15, 0.2) is 0 Å². The van der Waals surface area contributed by atoms with Crippen LogP contribution in [-0.4, -0.2) is 26.2 Å². The third kappa shape index (κ3) is 3.88. The van der Waals surface area contributed by atoms with Crippen molar-refractivity contribution < 1.29 is 23.8 Å². The Kier molecular flexibility index (Phi) is 5.36. The molecule has 2 aromatic rings. The lowest BCUT2D eigenvalue weighted by atomic mass is 10.1. The number of carbonyl (C=O) groups is 2. The van der Waals surface area contributed by atoms with Gasteiger partial charge in [0.1, 0.15) is 17.9 Å². The molecule has 0 atom stereocenters. The second kappa shape index (κ2) is 7.45. The lowest BCUT2D eigenvalue weighted by molar-refractivity contribution is 0.0550. The summed E-state index contributed by atoms with van der Waals surface area (Å²) in [5.74, 6) is -0.989. The van der Waals surface area contributed by atoms with Crippen LogP contribution >= 0.6 is 0 Å². The molecule has 0 N–H and O–H groups in total. The number of ether oxygens (including phenoxy) is 3. The molecule has 0 aliphatic heterocycles. The lowest BCUT2D eigenvalue weighted by Gasteiger charge is -2.13. The molecule has 0 heterocycles. The fourth-order valence-electron chi connectivity index (χ4n) is 2.09. The molecule has 0 saturated carbocycles. The highest BCUT2D eigenvalue weighted by molar-refractivity contribution is 6.05. The summed E-state index contributed by atoms with van der Waals surface area (Å²) < 4.78 is 15.2. The van der Waals surface area contributed by atoms with E-state index in [2.05, 4.69) is 0 Å². The Morgan fingerprint density at radius 2 is 1.57 bits per heavy atom. The molecule has 0 fully saturated rings. The molecule has 5 heteroatoms. The number of rotatable bonds is 5. The molecule has 120 valence electrons. The number of aryl methyl sites for hydroxylation is 1. The molecule has 0 amide bonds. The quantitative estimate of drug-likeness (QED) is 0.793. The van der Waals surface area contributed by atoms with Crippen LogP contribution in [0.1, 0.15) is 31.8 Å². The van der Waals surface area contributed by atoms with E-state index in [-0.39, 0.29) is 23.5 Å². The molecule has 0 aliphatic carbocycles. The summed E-state index contributed by atoms with van der Waals surface area (Å²) in [6.07, 6.45) is 0. The van der Waals surface area contributed by atoms with Crippen LogP contribution < -0.4 is 4.74 Å². The fourth-order valence-corrected chi connectivity index (χ4v) is 2.09. The second-order valence-electron chi connectivity index (χ2n) is 4.94. The zero-order valence-corrected chi connectivity index (χ0v) is 13.3. The Balaban J connectivity index is 2.31. The number of hydrogen-bond donors (Lipinski definition) is 0. The van der Waals surface area contributed by atoms with Gasteiger partial charge in [0, 0.05) is 0 Å². The molecule has 0 aliphatic rings. The minimum atomic E-state index is -0.648. The number of esters is 2. The first-order chi connectivity index (χ1) is 11.1. The summed E-state index contributed by atoms with van der Waals surface area (Å²) >= 11 is 0. The Labute approximate surface area is 134 Å². The van der Waals surface area contributed by atoms with Gasteiger partial charge < -0.3 is 14.2 Å². The van der Waals surface area contributed by atoms with Crippen molar-refractivity contribution in [2.24, 2.45) is 0 Å². The number of methoxy groups -OCH3 is 2. The number of carbonyl (C=O) groups excluding carboxylic acids is 2. The summed E-state index contributed by atoms with van der Waals surface area (Å²) in [6.45, 7) is 2.27. The summed E-state index contributed by atoms with van der Waals surface area (Å²) in [6, 6.07) is 12.6. The molecule has 0 bridgehead atoms. The van der Waals surface area contributed by atoms with Gasteiger partial charge in [-0.1, -0.05) is 35.9 Å². The Hall–Kier alpha value is -2.82. The monoisotopic (exact) mass is 314 g/mol. The fraction of sp³-hybridized carbons (Fsp3) is 0.222. The van der Waals surface area contributed by atoms with Crippen LogP contribution in [0, 0.1) is 6.92 Å². The summed E-state index contributed by atoms with van der Waals surface area (Å²) in [4.78, 5) is 23.9. The van der Waals surface area contributed by atoms with Gasteiger partial charge in [0.25, 0.3) is 0 Å². The van der Waals surface area contributed by atoms with E-state index in [0.717, 1.165) is 11.1 Å². The Morgan fingerprint density at radius 1 is 0.913 bits per heavy atom. The maximum atomic E-state index is 12.0. The van der Waals surface area contributed by atoms with Crippen molar-refractivity contribution in [3.8, 4) is 5.75 Å². The van der Waals surface area contributed by atoms with Gasteiger partial charge in [-0.25, -0.2) is 9.59 Å². The van der Waals surface area contributed by atoms with Gasteiger partial charge >= 0.3 is 11.9 Å². The van der Waals surface area contributed by atoms with Crippen molar-refractivity contribution in [2.75, 3.05) is 14.2 Å². The molecule has 0 spiro atoms. The van der Waals surface area contributed by atoms with E-state index in [0.29, 0.717) is 0 Å². The minimum absolute atomic E-state index is 0.0639. The van der Waals surface area contributed by atoms with Crippen LogP contribution in [0.25, 0.3) is 0 Å². The SMILES string of the molecule is COC(=O)c1cccc(OCc2ccc(C)cc2)c1C(=O)OC.